The van der Waals surface area contributed by atoms with Gasteiger partial charge >= 0.3 is 0 Å². The quantitative estimate of drug-likeness (QED) is 0.0204. The average molecular weight is 1100 g/mol. The van der Waals surface area contributed by atoms with Crippen LogP contribution in [0.15, 0.2) is 24.3 Å². The normalized spacial score (nSPS) is 24.8. The number of unbranched alkanes of at least 4 members (excludes halogenated alkanes) is 35. The van der Waals surface area contributed by atoms with Crippen LogP contribution in [0, 0.1) is 0 Å². The number of hydrogen-bond donors (Lipinski definition) is 9. The summed E-state index contributed by atoms with van der Waals surface area (Å²) in [4.78, 5) is 13.3. The monoisotopic (exact) mass is 1100 g/mol. The molecule has 0 aromatic carbocycles. The third-order valence-corrected chi connectivity index (χ3v) is 15.9. The van der Waals surface area contributed by atoms with Gasteiger partial charge in [0.2, 0.25) is 5.91 Å². The molecule has 0 saturated carbocycles. The van der Waals surface area contributed by atoms with E-state index in [1.165, 1.54) is 173 Å². The first-order valence-corrected chi connectivity index (χ1v) is 32.1. The fraction of sp³-hybridized carbons (Fsp3) is 0.921. The number of hydrogen-bond acceptors (Lipinski definition) is 13. The van der Waals surface area contributed by atoms with E-state index in [2.05, 4.69) is 43.5 Å². The van der Waals surface area contributed by atoms with Crippen LogP contribution in [0.3, 0.4) is 0 Å². The van der Waals surface area contributed by atoms with Crippen molar-refractivity contribution in [2.75, 3.05) is 19.8 Å². The summed E-state index contributed by atoms with van der Waals surface area (Å²) in [5.41, 5.74) is 0. The Labute approximate surface area is 468 Å². The molecule has 14 nitrogen and oxygen atoms in total. The van der Waals surface area contributed by atoms with Crippen LogP contribution in [0.25, 0.3) is 0 Å². The Morgan fingerprint density at radius 2 is 0.870 bits per heavy atom. The molecule has 2 rings (SSSR count). The van der Waals surface area contributed by atoms with E-state index in [0.29, 0.717) is 12.8 Å². The summed E-state index contributed by atoms with van der Waals surface area (Å²) < 4.78 is 22.8. The number of aliphatic hydroxyl groups is 8. The lowest BCUT2D eigenvalue weighted by Crippen LogP contribution is -2.65. The predicted octanol–water partition coefficient (Wildman–Crippen LogP) is 11.6. The zero-order valence-electron chi connectivity index (χ0n) is 49.0. The van der Waals surface area contributed by atoms with Gasteiger partial charge in [-0.1, -0.05) is 256 Å². The molecule has 2 fully saturated rings. The van der Waals surface area contributed by atoms with Crippen LogP contribution in [-0.2, 0) is 23.7 Å². The molecule has 1 amide bonds. The Morgan fingerprint density at radius 3 is 1.34 bits per heavy atom. The molecule has 2 saturated heterocycles. The second-order valence-electron chi connectivity index (χ2n) is 22.9. The molecule has 0 bridgehead atoms. The number of allylic oxidation sites excluding steroid dienone is 4. The van der Waals surface area contributed by atoms with Gasteiger partial charge < -0.3 is 65.1 Å². The number of carbonyl (C=O) groups is 1. The van der Waals surface area contributed by atoms with Crippen molar-refractivity contribution in [2.45, 2.75) is 351 Å². The second-order valence-corrected chi connectivity index (χ2v) is 22.9. The van der Waals surface area contributed by atoms with Gasteiger partial charge in [0.05, 0.1) is 32.0 Å². The molecule has 2 aliphatic rings. The molecule has 0 radical (unpaired) electrons. The molecular weight excluding hydrogens is 979 g/mol. The largest absolute Gasteiger partial charge is 0.394 e. The highest BCUT2D eigenvalue weighted by atomic mass is 16.7. The van der Waals surface area contributed by atoms with Crippen LogP contribution in [0.2, 0.25) is 0 Å². The summed E-state index contributed by atoms with van der Waals surface area (Å²) in [5, 5.41) is 87.3. The molecule has 12 atom stereocenters. The zero-order valence-corrected chi connectivity index (χ0v) is 49.0. The highest BCUT2D eigenvalue weighted by Crippen LogP contribution is 2.30. The van der Waals surface area contributed by atoms with Crippen LogP contribution in [0.1, 0.15) is 277 Å². The van der Waals surface area contributed by atoms with Gasteiger partial charge in [-0.2, -0.15) is 0 Å². The van der Waals surface area contributed by atoms with Crippen molar-refractivity contribution < 1.29 is 64.6 Å². The fourth-order valence-corrected chi connectivity index (χ4v) is 10.7. The Morgan fingerprint density at radius 1 is 0.468 bits per heavy atom. The molecule has 0 aromatic rings. The number of ether oxygens (including phenoxy) is 4. The predicted molar refractivity (Wildman–Crippen MR) is 309 cm³/mol. The molecule has 2 aliphatic heterocycles. The summed E-state index contributed by atoms with van der Waals surface area (Å²) in [5.74, 6) is -0.218. The fourth-order valence-electron chi connectivity index (χ4n) is 10.7. The van der Waals surface area contributed by atoms with Crippen LogP contribution >= 0.6 is 0 Å². The summed E-state index contributed by atoms with van der Waals surface area (Å²) >= 11 is 0. The van der Waals surface area contributed by atoms with E-state index >= 15 is 0 Å². The minimum Gasteiger partial charge on any atom is -0.394 e. The molecular formula is C63H119NO13. The summed E-state index contributed by atoms with van der Waals surface area (Å²) in [6, 6.07) is -0.835. The highest BCUT2D eigenvalue weighted by molar-refractivity contribution is 5.76. The van der Waals surface area contributed by atoms with Gasteiger partial charge in [0.15, 0.2) is 12.6 Å². The summed E-state index contributed by atoms with van der Waals surface area (Å²) in [6.45, 7) is 2.84. The summed E-state index contributed by atoms with van der Waals surface area (Å²) in [6.07, 6.45) is 42.0. The topological polar surface area (TPSA) is 228 Å². The van der Waals surface area contributed by atoms with Gasteiger partial charge in [-0.3, -0.25) is 4.79 Å². The lowest BCUT2D eigenvalue weighted by molar-refractivity contribution is -0.359. The van der Waals surface area contributed by atoms with Crippen molar-refractivity contribution in [1.29, 1.82) is 0 Å². The van der Waals surface area contributed by atoms with Crippen LogP contribution < -0.4 is 5.32 Å². The maximum Gasteiger partial charge on any atom is 0.220 e. The van der Waals surface area contributed by atoms with E-state index in [1.807, 2.05) is 0 Å². The third kappa shape index (κ3) is 34.5. The van der Waals surface area contributed by atoms with Crippen molar-refractivity contribution in [2.24, 2.45) is 0 Å². The van der Waals surface area contributed by atoms with Gasteiger partial charge in [0, 0.05) is 6.42 Å². The second kappa shape index (κ2) is 49.1. The van der Waals surface area contributed by atoms with E-state index in [9.17, 15) is 45.6 Å². The Kier molecular flexibility index (Phi) is 45.7. The summed E-state index contributed by atoms with van der Waals surface area (Å²) in [7, 11) is 0. The maximum absolute atomic E-state index is 13.3. The molecule has 2 heterocycles. The molecule has 12 unspecified atom stereocenters. The highest BCUT2D eigenvalue weighted by Gasteiger charge is 2.51. The molecule has 9 N–H and O–H groups in total. The number of nitrogens with one attached hydrogen (secondary N) is 1. The number of amides is 1. The molecule has 14 heteroatoms. The van der Waals surface area contributed by atoms with Gasteiger partial charge in [-0.05, 0) is 38.5 Å². The van der Waals surface area contributed by atoms with E-state index in [0.717, 1.165) is 70.6 Å². The van der Waals surface area contributed by atoms with E-state index in [4.69, 9.17) is 18.9 Å². The van der Waals surface area contributed by atoms with Crippen molar-refractivity contribution in [1.82, 2.24) is 5.32 Å². The van der Waals surface area contributed by atoms with Gasteiger partial charge in [-0.15, -0.1) is 0 Å². The van der Waals surface area contributed by atoms with Crippen molar-refractivity contribution in [3.8, 4) is 0 Å². The maximum atomic E-state index is 13.3. The smallest absolute Gasteiger partial charge is 0.220 e. The Hall–Kier alpha value is -1.53. The van der Waals surface area contributed by atoms with Crippen molar-refractivity contribution in [3.63, 3.8) is 0 Å². The minimum atomic E-state index is -1.78. The van der Waals surface area contributed by atoms with E-state index in [1.54, 1.807) is 0 Å². The first kappa shape index (κ1) is 71.6. The lowest BCUT2D eigenvalue weighted by Gasteiger charge is -2.46. The zero-order chi connectivity index (χ0) is 56.0. The number of aliphatic hydroxyl groups excluding tert-OH is 8. The van der Waals surface area contributed by atoms with Gasteiger partial charge in [-0.25, -0.2) is 0 Å². The van der Waals surface area contributed by atoms with Gasteiger partial charge in [0.1, 0.15) is 48.8 Å². The molecule has 0 aliphatic carbocycles. The Bertz CT molecular complexity index is 1390. The SMILES string of the molecule is CCCC/C=C\C/C=C\CCCCCCCC(=O)NC(COC1OC(CO)C(OC2OC(CO)C(O)C(O)C2O)C(O)C1O)C(O)CCCCCCCCCCCCCCCCCCCCCCCCCCCCCCC. The standard InChI is InChI=1S/C63H119NO13/c1-3-5-7-9-11-13-15-17-19-20-21-22-23-24-25-26-27-28-29-30-31-32-33-34-36-38-40-42-44-46-52(67)51(64-55(68)47-45-43-41-39-37-35-18-16-14-12-10-8-6-4-2)50-74-62-60(73)58(71)61(54(49-66)76-62)77-63-59(72)57(70)56(69)53(48-65)75-63/h10,12,16,18,51-54,56-63,65-67,69-73H,3-9,11,13-15,17,19-50H2,1-2H3,(H,64,68)/b12-10-,18-16-. The number of rotatable bonds is 52. The molecule has 77 heavy (non-hydrogen) atoms. The lowest BCUT2D eigenvalue weighted by atomic mass is 9.97. The van der Waals surface area contributed by atoms with Gasteiger partial charge in [0.25, 0.3) is 0 Å². The third-order valence-electron chi connectivity index (χ3n) is 15.9. The molecule has 0 spiro atoms. The van der Waals surface area contributed by atoms with Crippen LogP contribution in [-0.4, -0.2) is 140 Å². The molecule has 454 valence electrons. The molecule has 0 aromatic heterocycles. The van der Waals surface area contributed by atoms with Crippen molar-refractivity contribution >= 4 is 5.91 Å². The van der Waals surface area contributed by atoms with E-state index < -0.39 is 86.8 Å². The van der Waals surface area contributed by atoms with Crippen LogP contribution in [0.4, 0.5) is 0 Å². The Balaban J connectivity index is 1.67. The van der Waals surface area contributed by atoms with Crippen LogP contribution in [0.5, 0.6) is 0 Å². The minimum absolute atomic E-state index is 0.218. The number of carbonyl (C=O) groups excluding carboxylic acids is 1. The first-order valence-electron chi connectivity index (χ1n) is 32.1. The van der Waals surface area contributed by atoms with Crippen molar-refractivity contribution in [3.05, 3.63) is 24.3 Å². The first-order chi connectivity index (χ1) is 37.6. The average Bonchev–Trinajstić information content (AvgIpc) is 3.44. The van der Waals surface area contributed by atoms with E-state index in [-0.39, 0.29) is 18.9 Å².